The third kappa shape index (κ3) is 4.93. The number of carbonyl (C=O) groups is 1. The lowest BCUT2D eigenvalue weighted by atomic mass is 9.81. The van der Waals surface area contributed by atoms with Crippen molar-refractivity contribution < 1.29 is 14.6 Å². The van der Waals surface area contributed by atoms with E-state index in [4.69, 9.17) is 9.84 Å². The summed E-state index contributed by atoms with van der Waals surface area (Å²) in [5.41, 5.74) is 0. The van der Waals surface area contributed by atoms with Gasteiger partial charge in [-0.3, -0.25) is 4.79 Å². The Morgan fingerprint density at radius 2 is 1.79 bits per heavy atom. The van der Waals surface area contributed by atoms with Crippen molar-refractivity contribution in [1.29, 1.82) is 0 Å². The summed E-state index contributed by atoms with van der Waals surface area (Å²) in [6.07, 6.45) is 5.47. The average Bonchev–Trinajstić information content (AvgIpc) is 3.18. The molecule has 2 bridgehead atoms. The lowest BCUT2D eigenvalue weighted by Crippen LogP contribution is -2.30. The number of ether oxygens (including phenoxy) is 1. The second kappa shape index (κ2) is 9.16. The molecule has 2 aliphatic heterocycles. The minimum Gasteiger partial charge on any atom is -0.481 e. The SMILES string of the molecule is O=C(O)CCCCSCC1C2CCC(O2)C1CSc1ccccc1. The number of carboxylic acids is 1. The molecule has 4 atom stereocenters. The minimum atomic E-state index is -0.681. The molecule has 2 fully saturated rings. The zero-order chi connectivity index (χ0) is 16.8. The second-order valence-electron chi connectivity index (χ2n) is 6.67. The van der Waals surface area contributed by atoms with Crippen molar-refractivity contribution in [3.05, 3.63) is 30.3 Å². The Kier molecular flexibility index (Phi) is 6.93. The van der Waals surface area contributed by atoms with Gasteiger partial charge in [-0.2, -0.15) is 11.8 Å². The number of rotatable bonds is 10. The van der Waals surface area contributed by atoms with Crippen LogP contribution >= 0.6 is 23.5 Å². The van der Waals surface area contributed by atoms with Crippen LogP contribution in [0.5, 0.6) is 0 Å². The van der Waals surface area contributed by atoms with E-state index in [-0.39, 0.29) is 0 Å². The molecule has 0 saturated carbocycles. The van der Waals surface area contributed by atoms with Gasteiger partial charge in [0.1, 0.15) is 0 Å². The highest BCUT2D eigenvalue weighted by atomic mass is 32.2. The second-order valence-corrected chi connectivity index (χ2v) is 8.91. The fourth-order valence-corrected chi connectivity index (χ4v) is 6.25. The number of benzene rings is 1. The quantitative estimate of drug-likeness (QED) is 0.486. The third-order valence-corrected chi connectivity index (χ3v) is 7.37. The van der Waals surface area contributed by atoms with Crippen molar-refractivity contribution in [2.75, 3.05) is 17.3 Å². The Balaban J connectivity index is 1.42. The molecule has 0 spiro atoms. The molecular formula is C19H26O3S2. The van der Waals surface area contributed by atoms with Gasteiger partial charge in [-0.15, -0.1) is 11.8 Å². The highest BCUT2D eigenvalue weighted by Crippen LogP contribution is 2.46. The summed E-state index contributed by atoms with van der Waals surface area (Å²) in [5.74, 6) is 4.04. The van der Waals surface area contributed by atoms with Crippen molar-refractivity contribution in [3.8, 4) is 0 Å². The molecule has 0 aliphatic carbocycles. The molecule has 1 aromatic carbocycles. The van der Waals surface area contributed by atoms with Crippen LogP contribution in [0.3, 0.4) is 0 Å². The number of hydrogen-bond acceptors (Lipinski definition) is 4. The maximum Gasteiger partial charge on any atom is 0.303 e. The van der Waals surface area contributed by atoms with Crippen LogP contribution in [0.25, 0.3) is 0 Å². The lowest BCUT2D eigenvalue weighted by molar-refractivity contribution is -0.137. The molecule has 0 amide bonds. The molecule has 132 valence electrons. The number of aliphatic carboxylic acids is 1. The Morgan fingerprint density at radius 3 is 2.50 bits per heavy atom. The molecule has 2 aliphatic rings. The van der Waals surface area contributed by atoms with Crippen LogP contribution in [-0.2, 0) is 9.53 Å². The standard InChI is InChI=1S/C19H26O3S2/c20-19(21)8-4-5-11-23-12-15-16(18-10-9-17(15)22-18)13-24-14-6-2-1-3-7-14/h1-3,6-7,15-18H,4-5,8-13H2,(H,20,21). The van der Waals surface area contributed by atoms with E-state index in [1.54, 1.807) is 0 Å². The summed E-state index contributed by atoms with van der Waals surface area (Å²) < 4.78 is 6.19. The Morgan fingerprint density at radius 1 is 1.08 bits per heavy atom. The topological polar surface area (TPSA) is 46.5 Å². The van der Waals surface area contributed by atoms with E-state index in [9.17, 15) is 4.79 Å². The Labute approximate surface area is 152 Å². The minimum absolute atomic E-state index is 0.300. The van der Waals surface area contributed by atoms with Crippen LogP contribution in [0.2, 0.25) is 0 Å². The van der Waals surface area contributed by atoms with Gasteiger partial charge in [-0.1, -0.05) is 18.2 Å². The molecule has 2 saturated heterocycles. The Bertz CT molecular complexity index is 523. The molecule has 4 unspecified atom stereocenters. The highest BCUT2D eigenvalue weighted by Gasteiger charge is 2.48. The number of fused-ring (bicyclic) bond motifs is 2. The van der Waals surface area contributed by atoms with E-state index in [0.29, 0.717) is 30.5 Å². The molecular weight excluding hydrogens is 340 g/mol. The van der Waals surface area contributed by atoms with Gasteiger partial charge in [0.15, 0.2) is 0 Å². The number of carboxylic acid groups (broad SMARTS) is 1. The summed E-state index contributed by atoms with van der Waals surface area (Å²) in [7, 11) is 0. The summed E-state index contributed by atoms with van der Waals surface area (Å²) >= 11 is 3.94. The largest absolute Gasteiger partial charge is 0.481 e. The van der Waals surface area contributed by atoms with E-state index in [1.165, 1.54) is 17.7 Å². The number of hydrogen-bond donors (Lipinski definition) is 1. The van der Waals surface area contributed by atoms with E-state index < -0.39 is 5.97 Å². The van der Waals surface area contributed by atoms with Crippen LogP contribution in [0.15, 0.2) is 35.2 Å². The highest BCUT2D eigenvalue weighted by molar-refractivity contribution is 7.99. The Hall–Kier alpha value is -0.650. The fourth-order valence-electron chi connectivity index (χ4n) is 3.74. The third-order valence-electron chi connectivity index (χ3n) is 5.02. The fraction of sp³-hybridized carbons (Fsp3) is 0.632. The normalized spacial score (nSPS) is 28.3. The zero-order valence-electron chi connectivity index (χ0n) is 13.9. The van der Waals surface area contributed by atoms with Crippen molar-refractivity contribution in [1.82, 2.24) is 0 Å². The molecule has 2 heterocycles. The van der Waals surface area contributed by atoms with Gasteiger partial charge in [0, 0.05) is 28.9 Å². The molecule has 24 heavy (non-hydrogen) atoms. The summed E-state index contributed by atoms with van der Waals surface area (Å²) in [6.45, 7) is 0. The van der Waals surface area contributed by atoms with E-state index in [0.717, 1.165) is 30.1 Å². The van der Waals surface area contributed by atoms with Gasteiger partial charge in [-0.05, 0) is 49.3 Å². The summed E-state index contributed by atoms with van der Waals surface area (Å²) in [5, 5.41) is 8.68. The number of thioether (sulfide) groups is 2. The van der Waals surface area contributed by atoms with Crippen LogP contribution in [-0.4, -0.2) is 40.5 Å². The van der Waals surface area contributed by atoms with E-state index in [1.807, 2.05) is 23.5 Å². The molecule has 0 aromatic heterocycles. The van der Waals surface area contributed by atoms with Crippen LogP contribution in [0.1, 0.15) is 32.1 Å². The van der Waals surface area contributed by atoms with Crippen molar-refractivity contribution in [3.63, 3.8) is 0 Å². The van der Waals surface area contributed by atoms with Crippen molar-refractivity contribution in [2.24, 2.45) is 11.8 Å². The summed E-state index contributed by atoms with van der Waals surface area (Å²) in [6, 6.07) is 10.6. The predicted molar refractivity (Wildman–Crippen MR) is 101 cm³/mol. The first kappa shape index (κ1) is 18.2. The first-order valence-corrected chi connectivity index (χ1v) is 11.0. The van der Waals surface area contributed by atoms with E-state index >= 15 is 0 Å². The monoisotopic (exact) mass is 366 g/mol. The first-order chi connectivity index (χ1) is 11.7. The molecule has 5 heteroatoms. The summed E-state index contributed by atoms with van der Waals surface area (Å²) in [4.78, 5) is 11.9. The maximum atomic E-state index is 10.5. The first-order valence-electron chi connectivity index (χ1n) is 8.87. The predicted octanol–water partition coefficient (Wildman–Crippen LogP) is 4.56. The van der Waals surface area contributed by atoms with Crippen LogP contribution in [0.4, 0.5) is 0 Å². The number of unbranched alkanes of at least 4 members (excludes halogenated alkanes) is 1. The lowest BCUT2D eigenvalue weighted by Gasteiger charge is -2.27. The molecule has 1 aromatic rings. The average molecular weight is 367 g/mol. The van der Waals surface area contributed by atoms with Crippen LogP contribution < -0.4 is 0 Å². The van der Waals surface area contributed by atoms with Crippen LogP contribution in [0, 0.1) is 11.8 Å². The molecule has 0 radical (unpaired) electrons. The zero-order valence-corrected chi connectivity index (χ0v) is 15.6. The van der Waals surface area contributed by atoms with Gasteiger partial charge in [0.25, 0.3) is 0 Å². The smallest absolute Gasteiger partial charge is 0.303 e. The van der Waals surface area contributed by atoms with Gasteiger partial charge in [0.05, 0.1) is 12.2 Å². The van der Waals surface area contributed by atoms with Crippen molar-refractivity contribution in [2.45, 2.75) is 49.2 Å². The molecule has 3 nitrogen and oxygen atoms in total. The maximum absolute atomic E-state index is 10.5. The van der Waals surface area contributed by atoms with Gasteiger partial charge in [-0.25, -0.2) is 0 Å². The molecule has 1 N–H and O–H groups in total. The van der Waals surface area contributed by atoms with Gasteiger partial charge in [0.2, 0.25) is 0 Å². The van der Waals surface area contributed by atoms with E-state index in [2.05, 4.69) is 30.3 Å². The molecule has 3 rings (SSSR count). The van der Waals surface area contributed by atoms with Gasteiger partial charge >= 0.3 is 5.97 Å². The van der Waals surface area contributed by atoms with Gasteiger partial charge < -0.3 is 9.84 Å². The van der Waals surface area contributed by atoms with Crippen molar-refractivity contribution >= 4 is 29.5 Å².